The molecule has 1 aromatic rings. The van der Waals surface area contributed by atoms with E-state index < -0.39 is 0 Å². The molecule has 1 rings (SSSR count). The molecule has 2 N–H and O–H groups in total. The highest BCUT2D eigenvalue weighted by Gasteiger charge is 2.22. The molecule has 0 atom stereocenters. The second kappa shape index (κ2) is 5.45. The first-order valence-electron chi connectivity index (χ1n) is 4.83. The predicted molar refractivity (Wildman–Crippen MR) is 70.8 cm³/mol. The summed E-state index contributed by atoms with van der Waals surface area (Å²) in [5, 5.41) is 0.994. The van der Waals surface area contributed by atoms with E-state index in [0.717, 1.165) is 9.90 Å². The SMILES string of the molecule is CCOC(=O)c1sc(N(C)C)c(SC)c1N. The van der Waals surface area contributed by atoms with Gasteiger partial charge in [0.15, 0.2) is 0 Å². The maximum Gasteiger partial charge on any atom is 0.350 e. The fraction of sp³-hybridized carbons (Fsp3) is 0.500. The lowest BCUT2D eigenvalue weighted by molar-refractivity contribution is 0.0533. The van der Waals surface area contributed by atoms with Gasteiger partial charge in [-0.25, -0.2) is 4.79 Å². The summed E-state index contributed by atoms with van der Waals surface area (Å²) >= 11 is 2.92. The molecule has 0 fully saturated rings. The molecule has 0 saturated heterocycles. The number of nitrogens with two attached hydrogens (primary N) is 1. The fourth-order valence-corrected chi connectivity index (χ4v) is 3.31. The van der Waals surface area contributed by atoms with E-state index in [1.165, 1.54) is 11.3 Å². The van der Waals surface area contributed by atoms with E-state index in [-0.39, 0.29) is 5.97 Å². The molecule has 0 aromatic carbocycles. The van der Waals surface area contributed by atoms with Crippen molar-refractivity contribution in [1.29, 1.82) is 0 Å². The van der Waals surface area contributed by atoms with Gasteiger partial charge in [0.1, 0.15) is 9.88 Å². The van der Waals surface area contributed by atoms with Crippen molar-refractivity contribution in [2.75, 3.05) is 37.6 Å². The molecule has 16 heavy (non-hydrogen) atoms. The monoisotopic (exact) mass is 260 g/mol. The summed E-state index contributed by atoms with van der Waals surface area (Å²) in [6, 6.07) is 0. The zero-order valence-corrected chi connectivity index (χ0v) is 11.5. The maximum absolute atomic E-state index is 11.7. The highest BCUT2D eigenvalue weighted by atomic mass is 32.2. The number of nitrogen functional groups attached to an aromatic ring is 1. The number of carbonyl (C=O) groups is 1. The van der Waals surface area contributed by atoms with Crippen LogP contribution in [0.3, 0.4) is 0 Å². The molecule has 0 spiro atoms. The van der Waals surface area contributed by atoms with Crippen LogP contribution in [0.5, 0.6) is 0 Å². The van der Waals surface area contributed by atoms with Crippen molar-refractivity contribution in [3.05, 3.63) is 4.88 Å². The quantitative estimate of drug-likeness (QED) is 0.665. The molecule has 0 saturated carbocycles. The van der Waals surface area contributed by atoms with Crippen molar-refractivity contribution in [3.63, 3.8) is 0 Å². The zero-order valence-electron chi connectivity index (χ0n) is 9.86. The number of thioether (sulfide) groups is 1. The highest BCUT2D eigenvalue weighted by Crippen LogP contribution is 2.43. The predicted octanol–water partition coefficient (Wildman–Crippen LogP) is 2.29. The largest absolute Gasteiger partial charge is 0.462 e. The van der Waals surface area contributed by atoms with Crippen molar-refractivity contribution in [2.24, 2.45) is 0 Å². The molecule has 4 nitrogen and oxygen atoms in total. The number of nitrogens with zero attached hydrogens (tertiary/aromatic N) is 1. The van der Waals surface area contributed by atoms with Gasteiger partial charge in [-0.1, -0.05) is 0 Å². The summed E-state index contributed by atoms with van der Waals surface area (Å²) in [7, 11) is 3.86. The normalized spacial score (nSPS) is 10.2. The van der Waals surface area contributed by atoms with Crippen LogP contribution in [0.25, 0.3) is 0 Å². The molecule has 1 aromatic heterocycles. The van der Waals surface area contributed by atoms with Gasteiger partial charge < -0.3 is 15.4 Å². The Balaban J connectivity index is 3.17. The average Bonchev–Trinajstić information content (AvgIpc) is 2.55. The van der Waals surface area contributed by atoms with Gasteiger partial charge in [-0.2, -0.15) is 0 Å². The van der Waals surface area contributed by atoms with Gasteiger partial charge in [-0.15, -0.1) is 23.1 Å². The van der Waals surface area contributed by atoms with Crippen LogP contribution in [0.2, 0.25) is 0 Å². The van der Waals surface area contributed by atoms with E-state index in [1.807, 2.05) is 25.3 Å². The summed E-state index contributed by atoms with van der Waals surface area (Å²) < 4.78 is 4.97. The molecule has 0 aliphatic rings. The molecule has 0 aliphatic heterocycles. The number of hydrogen-bond donors (Lipinski definition) is 1. The molecule has 0 amide bonds. The van der Waals surface area contributed by atoms with Crippen LogP contribution in [0, 0.1) is 0 Å². The molecule has 6 heteroatoms. The first-order valence-corrected chi connectivity index (χ1v) is 6.87. The first-order chi connectivity index (χ1) is 7.52. The second-order valence-corrected chi connectivity index (χ2v) is 5.11. The summed E-state index contributed by atoms with van der Waals surface area (Å²) in [6.45, 7) is 2.14. The van der Waals surface area contributed by atoms with Crippen molar-refractivity contribution in [1.82, 2.24) is 0 Å². The fourth-order valence-electron chi connectivity index (χ4n) is 1.26. The Morgan fingerprint density at radius 3 is 2.56 bits per heavy atom. The topological polar surface area (TPSA) is 55.6 Å². The number of hydrogen-bond acceptors (Lipinski definition) is 6. The minimum Gasteiger partial charge on any atom is -0.462 e. The molecular formula is C10H16N2O2S2. The van der Waals surface area contributed by atoms with Crippen LogP contribution in [-0.2, 0) is 4.74 Å². The van der Waals surface area contributed by atoms with Crippen LogP contribution in [0.1, 0.15) is 16.6 Å². The molecular weight excluding hydrogens is 244 g/mol. The van der Waals surface area contributed by atoms with Crippen LogP contribution < -0.4 is 10.6 Å². The molecule has 0 bridgehead atoms. The van der Waals surface area contributed by atoms with Crippen LogP contribution in [0.4, 0.5) is 10.7 Å². The highest BCUT2D eigenvalue weighted by molar-refractivity contribution is 7.99. The van der Waals surface area contributed by atoms with E-state index in [2.05, 4.69) is 0 Å². The molecule has 0 aliphatic carbocycles. The number of rotatable bonds is 4. The van der Waals surface area contributed by atoms with Crippen molar-refractivity contribution < 1.29 is 9.53 Å². The van der Waals surface area contributed by atoms with E-state index in [4.69, 9.17) is 10.5 Å². The van der Waals surface area contributed by atoms with Gasteiger partial charge in [-0.3, -0.25) is 0 Å². The Bertz CT molecular complexity index is 388. The van der Waals surface area contributed by atoms with E-state index >= 15 is 0 Å². The Morgan fingerprint density at radius 2 is 2.19 bits per heavy atom. The van der Waals surface area contributed by atoms with Crippen molar-refractivity contribution in [2.45, 2.75) is 11.8 Å². The van der Waals surface area contributed by atoms with Gasteiger partial charge >= 0.3 is 5.97 Å². The third-order valence-corrected chi connectivity index (χ3v) is 4.26. The standard InChI is InChI=1S/C10H16N2O2S2/c1-5-14-10(13)8-6(11)7(15-4)9(16-8)12(2)3/h5,11H2,1-4H3. The van der Waals surface area contributed by atoms with Gasteiger partial charge in [0, 0.05) is 14.1 Å². The Kier molecular flexibility index (Phi) is 4.49. The lowest BCUT2D eigenvalue weighted by Gasteiger charge is -2.10. The van der Waals surface area contributed by atoms with Gasteiger partial charge in [0.2, 0.25) is 0 Å². The number of esters is 1. The number of ether oxygens (including phenoxy) is 1. The molecule has 0 unspecified atom stereocenters. The Morgan fingerprint density at radius 1 is 1.56 bits per heavy atom. The van der Waals surface area contributed by atoms with Crippen LogP contribution in [-0.4, -0.2) is 32.9 Å². The first kappa shape index (κ1) is 13.2. The van der Waals surface area contributed by atoms with Crippen LogP contribution in [0.15, 0.2) is 4.90 Å². The van der Waals surface area contributed by atoms with Crippen molar-refractivity contribution in [3.8, 4) is 0 Å². The Hall–Kier alpha value is -0.880. The molecule has 0 radical (unpaired) electrons. The lowest BCUT2D eigenvalue weighted by Crippen LogP contribution is -2.07. The molecule has 90 valence electrons. The average molecular weight is 260 g/mol. The van der Waals surface area contributed by atoms with Gasteiger partial charge in [0.25, 0.3) is 0 Å². The molecule has 1 heterocycles. The Labute approximate surface area is 104 Å². The maximum atomic E-state index is 11.7. The third-order valence-electron chi connectivity index (χ3n) is 1.95. The van der Waals surface area contributed by atoms with E-state index in [1.54, 1.807) is 18.7 Å². The van der Waals surface area contributed by atoms with Gasteiger partial charge in [0.05, 0.1) is 17.2 Å². The second-order valence-electron chi connectivity index (χ2n) is 3.30. The number of anilines is 2. The lowest BCUT2D eigenvalue weighted by atomic mass is 10.4. The van der Waals surface area contributed by atoms with E-state index in [9.17, 15) is 4.79 Å². The van der Waals surface area contributed by atoms with E-state index in [0.29, 0.717) is 17.2 Å². The minimum atomic E-state index is -0.339. The summed E-state index contributed by atoms with van der Waals surface area (Å²) in [6.07, 6.45) is 1.94. The minimum absolute atomic E-state index is 0.339. The van der Waals surface area contributed by atoms with Gasteiger partial charge in [-0.05, 0) is 13.2 Å². The summed E-state index contributed by atoms with van der Waals surface area (Å²) in [5.74, 6) is -0.339. The zero-order chi connectivity index (χ0) is 12.3. The number of thiophene rings is 1. The number of carbonyl (C=O) groups excluding carboxylic acids is 1. The third kappa shape index (κ3) is 2.44. The summed E-state index contributed by atoms with van der Waals surface area (Å²) in [5.41, 5.74) is 6.47. The van der Waals surface area contributed by atoms with Crippen LogP contribution >= 0.6 is 23.1 Å². The van der Waals surface area contributed by atoms with Crippen molar-refractivity contribution >= 4 is 39.8 Å². The smallest absolute Gasteiger partial charge is 0.350 e. The summed E-state index contributed by atoms with van der Waals surface area (Å²) in [4.78, 5) is 15.0.